The molecule has 3 saturated heterocycles. The molecule has 5 N–H and O–H groups in total. The number of rotatable bonds is 7. The molecule has 0 radical (unpaired) electrons. The van der Waals surface area contributed by atoms with Gasteiger partial charge in [-0.1, -0.05) is 41.9 Å². The quantitative estimate of drug-likeness (QED) is 0.221. The predicted octanol–water partition coefficient (Wildman–Crippen LogP) is 3.53. The van der Waals surface area contributed by atoms with E-state index in [4.69, 9.17) is 27.3 Å². The molecular formula is C33H39ClN10O2. The van der Waals surface area contributed by atoms with Gasteiger partial charge >= 0.3 is 0 Å². The third kappa shape index (κ3) is 6.24. The Morgan fingerprint density at radius 2 is 1.80 bits per heavy atom. The van der Waals surface area contributed by atoms with Gasteiger partial charge in [0.15, 0.2) is 5.65 Å². The number of amides is 2. The first kappa shape index (κ1) is 30.4. The molecule has 3 fully saturated rings. The minimum absolute atomic E-state index is 0.133. The van der Waals surface area contributed by atoms with Crippen LogP contribution in [0.3, 0.4) is 0 Å². The standard InChI is InChI=1S/C33H39ClN10O2/c1-33(35)11-13-44(14-12-33)26-19-36-30-29(40-41-31(30)38-26)22-6-4-8-25(28(22)34)43-17-15-42(16-18-43)20-21-5-2-3-7-23(21)37-24-9-10-27(45)39-32(24)46/h2-8,19,24,37H,9-18,20,35H2,1H3,(H,38,40,41)(H,39,45,46). The number of piperidine rings is 2. The molecule has 7 rings (SSSR count). The molecule has 3 aliphatic heterocycles. The van der Waals surface area contributed by atoms with Crippen LogP contribution in [0.5, 0.6) is 0 Å². The molecule has 2 aromatic carbocycles. The highest BCUT2D eigenvalue weighted by molar-refractivity contribution is 6.36. The lowest BCUT2D eigenvalue weighted by Gasteiger charge is -2.37. The number of hydrogen-bond donors (Lipinski definition) is 4. The van der Waals surface area contributed by atoms with E-state index in [1.54, 1.807) is 0 Å². The van der Waals surface area contributed by atoms with Crippen LogP contribution in [-0.4, -0.2) is 87.7 Å². The largest absolute Gasteiger partial charge is 0.373 e. The van der Waals surface area contributed by atoms with Crippen LogP contribution in [-0.2, 0) is 16.1 Å². The van der Waals surface area contributed by atoms with Crippen molar-refractivity contribution in [3.8, 4) is 11.3 Å². The first-order chi connectivity index (χ1) is 22.2. The molecule has 2 aromatic heterocycles. The zero-order chi connectivity index (χ0) is 31.8. The number of carbonyl (C=O) groups is 2. The molecule has 0 bridgehead atoms. The number of para-hydroxylation sites is 1. The SMILES string of the molecule is CC1(N)CCN(c2cnc3c(-c4cccc(N5CCN(Cc6ccccc6NC6CCC(=O)NC6=O)CC5)c4Cl)n[nH]c3n2)CC1. The number of aromatic nitrogens is 4. The monoisotopic (exact) mass is 642 g/mol. The number of aromatic amines is 1. The van der Waals surface area contributed by atoms with E-state index in [0.29, 0.717) is 34.7 Å². The van der Waals surface area contributed by atoms with Gasteiger partial charge in [0.1, 0.15) is 23.1 Å². The van der Waals surface area contributed by atoms with Crippen molar-refractivity contribution in [3.63, 3.8) is 0 Å². The summed E-state index contributed by atoms with van der Waals surface area (Å²) >= 11 is 7.07. The summed E-state index contributed by atoms with van der Waals surface area (Å²) in [6.07, 6.45) is 4.47. The molecule has 4 aromatic rings. The lowest BCUT2D eigenvalue weighted by atomic mass is 9.91. The van der Waals surface area contributed by atoms with Gasteiger partial charge in [-0.3, -0.25) is 24.9 Å². The van der Waals surface area contributed by atoms with Gasteiger partial charge in [-0.05, 0) is 43.9 Å². The van der Waals surface area contributed by atoms with E-state index in [-0.39, 0.29) is 17.4 Å². The van der Waals surface area contributed by atoms with E-state index in [0.717, 1.165) is 87.0 Å². The summed E-state index contributed by atoms with van der Waals surface area (Å²) in [4.78, 5) is 40.4. The minimum atomic E-state index is -0.414. The number of nitrogens with two attached hydrogens (primary N) is 1. The molecule has 3 aliphatic rings. The zero-order valence-corrected chi connectivity index (χ0v) is 26.7. The topological polar surface area (TPSA) is 148 Å². The Balaban J connectivity index is 1.02. The van der Waals surface area contributed by atoms with Crippen LogP contribution >= 0.6 is 11.6 Å². The number of nitrogens with zero attached hydrogens (tertiary/aromatic N) is 6. The number of carbonyl (C=O) groups excluding carboxylic acids is 2. The molecule has 13 heteroatoms. The van der Waals surface area contributed by atoms with Gasteiger partial charge in [-0.25, -0.2) is 9.97 Å². The second-order valence-electron chi connectivity index (χ2n) is 12.8. The van der Waals surface area contributed by atoms with Crippen LogP contribution in [0.15, 0.2) is 48.7 Å². The maximum Gasteiger partial charge on any atom is 0.249 e. The highest BCUT2D eigenvalue weighted by Crippen LogP contribution is 2.38. The van der Waals surface area contributed by atoms with Crippen molar-refractivity contribution in [2.45, 2.75) is 50.7 Å². The maximum atomic E-state index is 12.3. The van der Waals surface area contributed by atoms with Crippen LogP contribution in [0.2, 0.25) is 5.02 Å². The molecule has 240 valence electrons. The van der Waals surface area contributed by atoms with Gasteiger partial charge in [0.25, 0.3) is 0 Å². The summed E-state index contributed by atoms with van der Waals surface area (Å²) < 4.78 is 0. The number of hydrogen-bond acceptors (Lipinski definition) is 10. The summed E-state index contributed by atoms with van der Waals surface area (Å²) in [5.41, 5.74) is 12.0. The number of H-pyrrole nitrogens is 1. The van der Waals surface area contributed by atoms with E-state index in [1.807, 2.05) is 36.5 Å². The van der Waals surface area contributed by atoms with Gasteiger partial charge in [-0.2, -0.15) is 5.10 Å². The Morgan fingerprint density at radius 3 is 2.59 bits per heavy atom. The van der Waals surface area contributed by atoms with E-state index in [9.17, 15) is 9.59 Å². The summed E-state index contributed by atoms with van der Waals surface area (Å²) in [6.45, 7) is 7.88. The second kappa shape index (κ2) is 12.5. The fourth-order valence-electron chi connectivity index (χ4n) is 6.53. The van der Waals surface area contributed by atoms with Crippen molar-refractivity contribution in [2.75, 3.05) is 54.4 Å². The first-order valence-electron chi connectivity index (χ1n) is 15.9. The summed E-state index contributed by atoms with van der Waals surface area (Å²) in [7, 11) is 0. The maximum absolute atomic E-state index is 12.3. The number of imide groups is 1. The van der Waals surface area contributed by atoms with Crippen LogP contribution in [0, 0.1) is 0 Å². The Labute approximate surface area is 272 Å². The number of benzene rings is 2. The number of anilines is 3. The van der Waals surface area contributed by atoms with Crippen molar-refractivity contribution in [1.29, 1.82) is 0 Å². The van der Waals surface area contributed by atoms with E-state index >= 15 is 0 Å². The van der Waals surface area contributed by atoms with Gasteiger partial charge in [0.05, 0.1) is 16.9 Å². The Hall–Kier alpha value is -4.26. The number of piperazine rings is 1. The summed E-state index contributed by atoms with van der Waals surface area (Å²) in [5.74, 6) is 0.343. The molecular weight excluding hydrogens is 604 g/mol. The molecule has 5 heterocycles. The molecule has 1 unspecified atom stereocenters. The van der Waals surface area contributed by atoms with Gasteiger partial charge in [-0.15, -0.1) is 0 Å². The van der Waals surface area contributed by atoms with E-state index < -0.39 is 6.04 Å². The molecule has 0 spiro atoms. The molecule has 0 aliphatic carbocycles. The van der Waals surface area contributed by atoms with Crippen molar-refractivity contribution in [3.05, 3.63) is 59.2 Å². The van der Waals surface area contributed by atoms with Crippen molar-refractivity contribution in [1.82, 2.24) is 30.4 Å². The highest BCUT2D eigenvalue weighted by atomic mass is 35.5. The van der Waals surface area contributed by atoms with E-state index in [2.05, 4.69) is 54.6 Å². The fourth-order valence-corrected chi connectivity index (χ4v) is 6.87. The lowest BCUT2D eigenvalue weighted by Crippen LogP contribution is -2.48. The molecule has 1 atom stereocenters. The molecule has 2 amide bonds. The summed E-state index contributed by atoms with van der Waals surface area (Å²) in [5, 5.41) is 14.1. The van der Waals surface area contributed by atoms with Crippen molar-refractivity contribution in [2.24, 2.45) is 5.73 Å². The average molecular weight is 643 g/mol. The van der Waals surface area contributed by atoms with Crippen molar-refractivity contribution < 1.29 is 9.59 Å². The zero-order valence-electron chi connectivity index (χ0n) is 25.9. The second-order valence-corrected chi connectivity index (χ2v) is 13.2. The van der Waals surface area contributed by atoms with Gasteiger partial charge in [0.2, 0.25) is 11.8 Å². The van der Waals surface area contributed by atoms with Crippen LogP contribution in [0.1, 0.15) is 38.2 Å². The number of fused-ring (bicyclic) bond motifs is 1. The van der Waals surface area contributed by atoms with E-state index in [1.165, 1.54) is 0 Å². The number of nitrogens with one attached hydrogen (secondary N) is 3. The van der Waals surface area contributed by atoms with Crippen LogP contribution < -0.4 is 26.2 Å². The lowest BCUT2D eigenvalue weighted by molar-refractivity contribution is -0.133. The van der Waals surface area contributed by atoms with Crippen molar-refractivity contribution >= 4 is 51.8 Å². The smallest absolute Gasteiger partial charge is 0.249 e. The van der Waals surface area contributed by atoms with Gasteiger partial charge in [0, 0.05) is 69.0 Å². The number of halogens is 1. The highest BCUT2D eigenvalue weighted by Gasteiger charge is 2.29. The average Bonchev–Trinajstić information content (AvgIpc) is 3.47. The van der Waals surface area contributed by atoms with Crippen LogP contribution in [0.25, 0.3) is 22.4 Å². The minimum Gasteiger partial charge on any atom is -0.373 e. The van der Waals surface area contributed by atoms with Gasteiger partial charge < -0.3 is 20.9 Å². The first-order valence-corrected chi connectivity index (χ1v) is 16.3. The third-order valence-electron chi connectivity index (χ3n) is 9.41. The fraction of sp³-hybridized carbons (Fsp3) is 0.424. The predicted molar refractivity (Wildman–Crippen MR) is 180 cm³/mol. The normalized spacial score (nSPS) is 20.6. The molecule has 12 nitrogen and oxygen atoms in total. The Bertz CT molecular complexity index is 1760. The molecule has 46 heavy (non-hydrogen) atoms. The third-order valence-corrected chi connectivity index (χ3v) is 9.81. The Morgan fingerprint density at radius 1 is 1.02 bits per heavy atom. The summed E-state index contributed by atoms with van der Waals surface area (Å²) in [6, 6.07) is 13.7. The Kier molecular flexibility index (Phi) is 8.26. The van der Waals surface area contributed by atoms with Crippen LogP contribution in [0.4, 0.5) is 17.2 Å². The molecule has 0 saturated carbocycles.